The fraction of sp³-hybridized carbons (Fsp3) is 0.273. The van der Waals surface area contributed by atoms with Crippen LogP contribution in [0.2, 0.25) is 5.02 Å². The number of thiophene rings is 1. The van der Waals surface area contributed by atoms with Crippen LogP contribution in [0.1, 0.15) is 27.7 Å². The van der Waals surface area contributed by atoms with Crippen LogP contribution in [0.4, 0.5) is 0 Å². The van der Waals surface area contributed by atoms with Crippen LogP contribution in [0.15, 0.2) is 48.5 Å². The summed E-state index contributed by atoms with van der Waals surface area (Å²) in [6.45, 7) is 7.21. The lowest BCUT2D eigenvalue weighted by Crippen LogP contribution is -2.49. The molecule has 0 atom stereocenters. The number of hydrogen-bond donors (Lipinski definition) is 1. The molecular weight excluding hydrogens is 375 g/mol. The highest BCUT2D eigenvalue weighted by molar-refractivity contribution is 7.26. The van der Waals surface area contributed by atoms with Crippen molar-refractivity contribution in [3.63, 3.8) is 0 Å². The van der Waals surface area contributed by atoms with E-state index in [2.05, 4.69) is 42.5 Å². The van der Waals surface area contributed by atoms with Crippen molar-refractivity contribution in [3.8, 4) is 0 Å². The van der Waals surface area contributed by atoms with Crippen molar-refractivity contribution in [2.24, 2.45) is 0 Å². The Kier molecular flexibility index (Phi) is 4.51. The molecule has 0 fully saturated rings. The van der Waals surface area contributed by atoms with Gasteiger partial charge in [-0.1, -0.05) is 48.0 Å². The number of hydrogen-bond acceptors (Lipinski definition) is 3. The maximum atomic E-state index is 10.3. The number of benzene rings is 3. The second kappa shape index (κ2) is 6.49. The van der Waals surface area contributed by atoms with Crippen LogP contribution in [0.25, 0.3) is 30.9 Å². The monoisotopic (exact) mass is 395 g/mol. The van der Waals surface area contributed by atoms with E-state index in [0.717, 1.165) is 10.2 Å². The van der Waals surface area contributed by atoms with E-state index in [1.54, 1.807) is 32.7 Å². The van der Waals surface area contributed by atoms with Crippen LogP contribution >= 0.6 is 22.9 Å². The van der Waals surface area contributed by atoms with E-state index in [4.69, 9.17) is 16.3 Å². The summed E-state index contributed by atoms with van der Waals surface area (Å²) in [4.78, 5) is 0. The topological polar surface area (TPSA) is 29.5 Å². The quantitative estimate of drug-likeness (QED) is 0.451. The van der Waals surface area contributed by atoms with Crippen LogP contribution in [0.3, 0.4) is 0 Å². The van der Waals surface area contributed by atoms with Gasteiger partial charge in [-0.05, 0) is 56.1 Å². The van der Waals surface area contributed by atoms with Gasteiger partial charge in [-0.2, -0.15) is 0 Å². The molecule has 2 nitrogen and oxygen atoms in total. The predicted molar refractivity (Wildman–Crippen MR) is 119 cm³/mol. The zero-order valence-electron chi connectivity index (χ0n) is 15.8. The first-order valence-electron chi connectivity index (χ1n) is 8.94. The van der Waals surface area contributed by atoms with E-state index in [1.165, 1.54) is 26.2 Å². The standard InChI is InChI=1S/C22H21BClO2S/c1-21(2,25)22(3,4)26-23-16-11-15-19(12-17(16)24)27-18-10-9-13-7-5-6-8-14(13)20(15)18/h5-12,25H,1-4H3. The molecule has 0 aliphatic heterocycles. The number of aliphatic hydroxyl groups is 1. The molecule has 4 aromatic rings. The molecule has 1 heterocycles. The summed E-state index contributed by atoms with van der Waals surface area (Å²) >= 11 is 8.27. The Morgan fingerprint density at radius 1 is 0.963 bits per heavy atom. The molecule has 0 aliphatic carbocycles. The summed E-state index contributed by atoms with van der Waals surface area (Å²) in [6.07, 6.45) is 0. The van der Waals surface area contributed by atoms with Gasteiger partial charge in [0.05, 0.1) is 11.2 Å². The minimum absolute atomic E-state index is 0.643. The van der Waals surface area contributed by atoms with Gasteiger partial charge in [-0.15, -0.1) is 11.3 Å². The van der Waals surface area contributed by atoms with Crippen LogP contribution in [0.5, 0.6) is 0 Å². The van der Waals surface area contributed by atoms with Crippen LogP contribution in [-0.2, 0) is 4.65 Å². The lowest BCUT2D eigenvalue weighted by Gasteiger charge is -2.37. The first-order chi connectivity index (χ1) is 12.7. The van der Waals surface area contributed by atoms with E-state index in [1.807, 2.05) is 19.9 Å². The van der Waals surface area contributed by atoms with Crippen molar-refractivity contribution >= 4 is 66.8 Å². The van der Waals surface area contributed by atoms with E-state index in [-0.39, 0.29) is 0 Å². The van der Waals surface area contributed by atoms with E-state index in [0.29, 0.717) is 5.02 Å². The first kappa shape index (κ1) is 18.8. The van der Waals surface area contributed by atoms with Gasteiger partial charge in [0.1, 0.15) is 0 Å². The molecule has 4 rings (SSSR count). The molecule has 1 radical (unpaired) electrons. The summed E-state index contributed by atoms with van der Waals surface area (Å²) in [5.41, 5.74) is -0.908. The molecule has 1 aromatic heterocycles. The molecule has 0 amide bonds. The van der Waals surface area contributed by atoms with Gasteiger partial charge in [0.2, 0.25) is 0 Å². The number of halogens is 1. The zero-order valence-corrected chi connectivity index (χ0v) is 17.4. The number of fused-ring (bicyclic) bond motifs is 5. The maximum Gasteiger partial charge on any atom is 0.332 e. The molecule has 3 aromatic carbocycles. The summed E-state index contributed by atoms with van der Waals surface area (Å²) in [5.74, 6) is 0. The maximum absolute atomic E-state index is 10.3. The lowest BCUT2D eigenvalue weighted by molar-refractivity contribution is -0.0893. The molecule has 0 saturated heterocycles. The van der Waals surface area contributed by atoms with Crippen molar-refractivity contribution in [2.75, 3.05) is 0 Å². The van der Waals surface area contributed by atoms with Crippen molar-refractivity contribution in [1.29, 1.82) is 0 Å². The lowest BCUT2D eigenvalue weighted by atomic mass is 9.82. The molecule has 0 spiro atoms. The van der Waals surface area contributed by atoms with Gasteiger partial charge in [0, 0.05) is 25.2 Å². The van der Waals surface area contributed by atoms with E-state index < -0.39 is 11.2 Å². The van der Waals surface area contributed by atoms with Gasteiger partial charge in [0.15, 0.2) is 0 Å². The zero-order chi connectivity index (χ0) is 19.4. The Morgan fingerprint density at radius 2 is 1.70 bits per heavy atom. The first-order valence-corrected chi connectivity index (χ1v) is 10.1. The van der Waals surface area contributed by atoms with E-state index in [9.17, 15) is 5.11 Å². The third-order valence-corrected chi connectivity index (χ3v) is 6.88. The second-order valence-electron chi connectivity index (χ2n) is 7.94. The third kappa shape index (κ3) is 3.25. The highest BCUT2D eigenvalue weighted by Crippen LogP contribution is 2.39. The van der Waals surface area contributed by atoms with Crippen molar-refractivity contribution in [3.05, 3.63) is 53.6 Å². The van der Waals surface area contributed by atoms with Gasteiger partial charge in [-0.25, -0.2) is 0 Å². The van der Waals surface area contributed by atoms with Crippen LogP contribution < -0.4 is 5.46 Å². The molecule has 27 heavy (non-hydrogen) atoms. The molecule has 5 heteroatoms. The summed E-state index contributed by atoms with van der Waals surface area (Å²) < 4.78 is 8.33. The largest absolute Gasteiger partial charge is 0.427 e. The van der Waals surface area contributed by atoms with Gasteiger partial charge >= 0.3 is 7.48 Å². The van der Waals surface area contributed by atoms with Crippen LogP contribution in [0, 0.1) is 0 Å². The van der Waals surface area contributed by atoms with Crippen LogP contribution in [-0.4, -0.2) is 23.8 Å². The molecule has 0 aliphatic rings. The molecular formula is C22H21BClO2S. The summed E-state index contributed by atoms with van der Waals surface area (Å²) in [7, 11) is 1.66. The van der Waals surface area contributed by atoms with E-state index >= 15 is 0 Å². The van der Waals surface area contributed by atoms with Crippen molar-refractivity contribution in [1.82, 2.24) is 0 Å². The Morgan fingerprint density at radius 3 is 2.44 bits per heavy atom. The molecule has 0 saturated carbocycles. The Labute approximate surface area is 169 Å². The average molecular weight is 396 g/mol. The average Bonchev–Trinajstić information content (AvgIpc) is 2.96. The molecule has 0 bridgehead atoms. The molecule has 1 N–H and O–H groups in total. The number of rotatable bonds is 4. The summed E-state index contributed by atoms with van der Waals surface area (Å²) in [6, 6.07) is 16.9. The fourth-order valence-corrected chi connectivity index (χ4v) is 4.45. The fourth-order valence-electron chi connectivity index (χ4n) is 3.03. The Balaban J connectivity index is 1.84. The minimum atomic E-state index is -0.981. The summed E-state index contributed by atoms with van der Waals surface area (Å²) in [5, 5.41) is 15.9. The highest BCUT2D eigenvalue weighted by atomic mass is 35.5. The van der Waals surface area contributed by atoms with Gasteiger partial charge in [-0.3, -0.25) is 0 Å². The smallest absolute Gasteiger partial charge is 0.332 e. The Bertz CT molecular complexity index is 1160. The molecule has 0 unspecified atom stereocenters. The van der Waals surface area contributed by atoms with Gasteiger partial charge < -0.3 is 9.76 Å². The minimum Gasteiger partial charge on any atom is -0.427 e. The van der Waals surface area contributed by atoms with Gasteiger partial charge in [0.25, 0.3) is 0 Å². The van der Waals surface area contributed by atoms with Crippen molar-refractivity contribution < 1.29 is 9.76 Å². The Hall–Kier alpha value is -1.59. The third-order valence-electron chi connectivity index (χ3n) is 5.43. The SMILES string of the molecule is CC(C)(O)C(C)(C)O[B]c1cc2c(cc1Cl)sc1ccc3ccccc3c12. The molecule has 137 valence electrons. The second-order valence-corrected chi connectivity index (χ2v) is 9.43. The predicted octanol–water partition coefficient (Wildman–Crippen LogP) is 5.67. The normalized spacial score (nSPS) is 13.0. The highest BCUT2D eigenvalue weighted by Gasteiger charge is 2.35. The van der Waals surface area contributed by atoms with Crippen molar-refractivity contribution in [2.45, 2.75) is 38.9 Å².